The molecule has 0 saturated carbocycles. The van der Waals surface area contributed by atoms with Gasteiger partial charge in [-0.25, -0.2) is 0 Å². The molecule has 1 aromatic carbocycles. The van der Waals surface area contributed by atoms with Crippen molar-refractivity contribution < 1.29 is 9.59 Å². The Morgan fingerprint density at radius 3 is 2.00 bits per heavy atom. The zero-order chi connectivity index (χ0) is 13.6. The summed E-state index contributed by atoms with van der Waals surface area (Å²) in [6.45, 7) is 6.97. The van der Waals surface area contributed by atoms with E-state index in [0.717, 1.165) is 19.5 Å². The number of nitrogens with zero attached hydrogens (tertiary/aromatic N) is 2. The summed E-state index contributed by atoms with van der Waals surface area (Å²) in [5, 5.41) is 0. The zero-order valence-corrected chi connectivity index (χ0v) is 12.6. The highest BCUT2D eigenvalue weighted by atomic mass is 35.5. The van der Waals surface area contributed by atoms with Crippen LogP contribution in [0.2, 0.25) is 0 Å². The molecule has 5 heteroatoms. The lowest BCUT2D eigenvalue weighted by atomic mass is 10.1. The minimum Gasteiger partial charge on any atom is -0.295 e. The standard InChI is InChI=1S/C15H18N2O2.ClH/c1-15(2)10-16(15)8-5-9-17-13(18)11-6-3-4-7-12(11)14(17)19;/h3-4,6-7H,5,8-10H2,1-2H3;1H. The van der Waals surface area contributed by atoms with Crippen LogP contribution in [-0.4, -0.2) is 46.8 Å². The van der Waals surface area contributed by atoms with E-state index >= 15 is 0 Å². The van der Waals surface area contributed by atoms with Crippen molar-refractivity contribution in [1.82, 2.24) is 9.80 Å². The number of fused-ring (bicyclic) bond motifs is 1. The molecule has 1 aromatic rings. The fourth-order valence-corrected chi connectivity index (χ4v) is 2.68. The van der Waals surface area contributed by atoms with Gasteiger partial charge in [0.1, 0.15) is 0 Å². The summed E-state index contributed by atoms with van der Waals surface area (Å²) >= 11 is 0. The van der Waals surface area contributed by atoms with E-state index < -0.39 is 0 Å². The third-order valence-electron chi connectivity index (χ3n) is 4.02. The quantitative estimate of drug-likeness (QED) is 0.631. The predicted octanol–water partition coefficient (Wildman–Crippen LogP) is 2.19. The molecule has 2 aliphatic heterocycles. The molecule has 0 aliphatic carbocycles. The van der Waals surface area contributed by atoms with Crippen LogP contribution in [0.15, 0.2) is 24.3 Å². The molecular formula is C15H19ClN2O2. The Bertz CT molecular complexity index is 522. The first-order valence-corrected chi connectivity index (χ1v) is 6.71. The molecule has 1 saturated heterocycles. The van der Waals surface area contributed by atoms with Crippen LogP contribution in [0.4, 0.5) is 0 Å². The van der Waals surface area contributed by atoms with Crippen molar-refractivity contribution >= 4 is 24.2 Å². The van der Waals surface area contributed by atoms with E-state index in [9.17, 15) is 9.59 Å². The van der Waals surface area contributed by atoms with Gasteiger partial charge in [0.05, 0.1) is 11.1 Å². The number of carbonyl (C=O) groups is 2. The molecule has 20 heavy (non-hydrogen) atoms. The van der Waals surface area contributed by atoms with E-state index in [2.05, 4.69) is 18.7 Å². The highest BCUT2D eigenvalue weighted by Gasteiger charge is 2.42. The number of hydrogen-bond donors (Lipinski definition) is 0. The molecular weight excluding hydrogens is 276 g/mol. The zero-order valence-electron chi connectivity index (χ0n) is 11.8. The molecule has 1 fully saturated rings. The Kier molecular flexibility index (Phi) is 3.89. The number of rotatable bonds is 4. The summed E-state index contributed by atoms with van der Waals surface area (Å²) in [5.74, 6) is -0.295. The first kappa shape index (κ1) is 15.0. The Labute approximate surface area is 125 Å². The Balaban J connectivity index is 0.00000147. The highest BCUT2D eigenvalue weighted by molar-refractivity contribution is 6.21. The van der Waals surface area contributed by atoms with Crippen molar-refractivity contribution in [2.24, 2.45) is 0 Å². The van der Waals surface area contributed by atoms with E-state index in [1.807, 2.05) is 0 Å². The fraction of sp³-hybridized carbons (Fsp3) is 0.467. The van der Waals surface area contributed by atoms with Crippen molar-refractivity contribution in [2.75, 3.05) is 19.6 Å². The number of hydrogen-bond acceptors (Lipinski definition) is 3. The Hall–Kier alpha value is -1.39. The lowest BCUT2D eigenvalue weighted by Crippen LogP contribution is -2.31. The van der Waals surface area contributed by atoms with Gasteiger partial charge in [-0.2, -0.15) is 0 Å². The average Bonchev–Trinajstić information content (AvgIpc) is 2.92. The maximum atomic E-state index is 12.1. The number of benzene rings is 1. The number of carbonyl (C=O) groups excluding carboxylic acids is 2. The van der Waals surface area contributed by atoms with Crippen LogP contribution in [0.25, 0.3) is 0 Å². The SMILES string of the molecule is CC1(C)CN1CCCN1C(=O)c2ccccc2C1=O.Cl. The van der Waals surface area contributed by atoms with Crippen LogP contribution in [0.1, 0.15) is 41.0 Å². The van der Waals surface area contributed by atoms with Gasteiger partial charge in [-0.3, -0.25) is 19.4 Å². The van der Waals surface area contributed by atoms with Gasteiger partial charge in [-0.05, 0) is 32.4 Å². The molecule has 0 N–H and O–H groups in total. The molecule has 2 amide bonds. The summed E-state index contributed by atoms with van der Waals surface area (Å²) in [6, 6.07) is 7.05. The number of amides is 2. The topological polar surface area (TPSA) is 40.4 Å². The fourth-order valence-electron chi connectivity index (χ4n) is 2.68. The lowest BCUT2D eigenvalue weighted by molar-refractivity contribution is 0.0650. The first-order valence-electron chi connectivity index (χ1n) is 6.71. The van der Waals surface area contributed by atoms with Crippen LogP contribution >= 0.6 is 12.4 Å². The molecule has 0 aromatic heterocycles. The van der Waals surface area contributed by atoms with Gasteiger partial charge in [0.25, 0.3) is 11.8 Å². The van der Waals surface area contributed by atoms with Crippen molar-refractivity contribution in [3.8, 4) is 0 Å². The monoisotopic (exact) mass is 294 g/mol. The molecule has 2 heterocycles. The van der Waals surface area contributed by atoms with Crippen LogP contribution in [-0.2, 0) is 0 Å². The van der Waals surface area contributed by atoms with Gasteiger partial charge in [0.15, 0.2) is 0 Å². The maximum absolute atomic E-state index is 12.1. The second-order valence-electron chi connectivity index (χ2n) is 5.90. The average molecular weight is 295 g/mol. The molecule has 1 unspecified atom stereocenters. The normalized spacial score (nSPS) is 22.5. The largest absolute Gasteiger partial charge is 0.295 e. The minimum atomic E-state index is -0.148. The molecule has 1 atom stereocenters. The van der Waals surface area contributed by atoms with Crippen molar-refractivity contribution in [2.45, 2.75) is 25.8 Å². The molecule has 0 radical (unpaired) electrons. The van der Waals surface area contributed by atoms with E-state index in [1.54, 1.807) is 24.3 Å². The van der Waals surface area contributed by atoms with Gasteiger partial charge in [0, 0.05) is 25.2 Å². The molecule has 0 bridgehead atoms. The van der Waals surface area contributed by atoms with Gasteiger partial charge in [0.2, 0.25) is 0 Å². The smallest absolute Gasteiger partial charge is 0.261 e. The van der Waals surface area contributed by atoms with E-state index in [1.165, 1.54) is 4.90 Å². The van der Waals surface area contributed by atoms with E-state index in [-0.39, 0.29) is 24.2 Å². The van der Waals surface area contributed by atoms with Crippen molar-refractivity contribution in [3.05, 3.63) is 35.4 Å². The van der Waals surface area contributed by atoms with Crippen LogP contribution in [0.5, 0.6) is 0 Å². The van der Waals surface area contributed by atoms with Gasteiger partial charge in [-0.1, -0.05) is 12.1 Å². The highest BCUT2D eigenvalue weighted by Crippen LogP contribution is 2.30. The van der Waals surface area contributed by atoms with Gasteiger partial charge >= 0.3 is 0 Å². The third-order valence-corrected chi connectivity index (χ3v) is 4.02. The van der Waals surface area contributed by atoms with Crippen LogP contribution < -0.4 is 0 Å². The summed E-state index contributed by atoms with van der Waals surface area (Å²) in [7, 11) is 0. The molecule has 108 valence electrons. The number of halogens is 1. The maximum Gasteiger partial charge on any atom is 0.261 e. The van der Waals surface area contributed by atoms with E-state index in [4.69, 9.17) is 0 Å². The predicted molar refractivity (Wildman–Crippen MR) is 79.3 cm³/mol. The molecule has 0 spiro atoms. The van der Waals surface area contributed by atoms with E-state index in [0.29, 0.717) is 23.2 Å². The van der Waals surface area contributed by atoms with Crippen molar-refractivity contribution in [3.63, 3.8) is 0 Å². The summed E-state index contributed by atoms with van der Waals surface area (Å²) in [6.07, 6.45) is 0.842. The lowest BCUT2D eigenvalue weighted by Gasteiger charge is -2.14. The van der Waals surface area contributed by atoms with Crippen LogP contribution in [0.3, 0.4) is 0 Å². The molecule has 4 nitrogen and oxygen atoms in total. The summed E-state index contributed by atoms with van der Waals surface area (Å²) in [5.41, 5.74) is 1.39. The van der Waals surface area contributed by atoms with Gasteiger partial charge in [-0.15, -0.1) is 12.4 Å². The van der Waals surface area contributed by atoms with Crippen LogP contribution in [0, 0.1) is 0 Å². The third kappa shape index (κ3) is 2.45. The summed E-state index contributed by atoms with van der Waals surface area (Å²) < 4.78 is 0. The Morgan fingerprint density at radius 1 is 1.05 bits per heavy atom. The molecule has 3 rings (SSSR count). The second-order valence-corrected chi connectivity index (χ2v) is 5.90. The first-order chi connectivity index (χ1) is 9.00. The minimum absolute atomic E-state index is 0. The second kappa shape index (κ2) is 5.19. The summed E-state index contributed by atoms with van der Waals surface area (Å²) in [4.78, 5) is 28.0. The van der Waals surface area contributed by atoms with Crippen molar-refractivity contribution in [1.29, 1.82) is 0 Å². The molecule has 2 aliphatic rings. The Morgan fingerprint density at radius 2 is 1.55 bits per heavy atom. The number of imide groups is 1. The van der Waals surface area contributed by atoms with Gasteiger partial charge < -0.3 is 0 Å².